The zero-order chi connectivity index (χ0) is 23.8. The van der Waals surface area contributed by atoms with Crippen molar-refractivity contribution < 1.29 is 26.0 Å². The molecule has 4 rings (SSSR count). The number of halogens is 4. The van der Waals surface area contributed by atoms with Gasteiger partial charge in [0.05, 0.1) is 22.5 Å². The van der Waals surface area contributed by atoms with E-state index >= 15 is 0 Å². The van der Waals surface area contributed by atoms with Crippen molar-refractivity contribution in [1.82, 2.24) is 9.13 Å². The lowest BCUT2D eigenvalue weighted by molar-refractivity contribution is -0.140. The first-order valence-electron chi connectivity index (χ1n) is 9.91. The van der Waals surface area contributed by atoms with Crippen molar-refractivity contribution in [3.8, 4) is 0 Å². The third-order valence-corrected chi connectivity index (χ3v) is 6.37. The highest BCUT2D eigenvalue weighted by molar-refractivity contribution is 7.90. The van der Waals surface area contributed by atoms with E-state index in [1.54, 1.807) is 43.3 Å². The highest BCUT2D eigenvalue weighted by Crippen LogP contribution is 2.22. The summed E-state index contributed by atoms with van der Waals surface area (Å²) in [6.07, 6.45) is -4.63. The van der Waals surface area contributed by atoms with Gasteiger partial charge in [-0.1, -0.05) is 42.5 Å². The molecule has 33 heavy (non-hydrogen) atoms. The number of hydrogen-bond donors (Lipinski definition) is 0. The molecule has 0 aliphatic heterocycles. The van der Waals surface area contributed by atoms with Crippen LogP contribution >= 0.6 is 0 Å². The van der Waals surface area contributed by atoms with Gasteiger partial charge in [0, 0.05) is 0 Å². The molecule has 172 valence electrons. The lowest BCUT2D eigenvalue weighted by Gasteiger charge is -2.10. The molecule has 5 nitrogen and oxygen atoms in total. The SMILES string of the molecule is Cc1ccc(Cn2/c(=N\S(=O)(=O)c3ccccc3)n(CC(F)(F)F)c3ccccc32)cc1F. The molecule has 0 saturated heterocycles. The number of benzene rings is 3. The summed E-state index contributed by atoms with van der Waals surface area (Å²) in [5.41, 5.74) is 0.957. The van der Waals surface area contributed by atoms with Gasteiger partial charge in [0.15, 0.2) is 0 Å². The van der Waals surface area contributed by atoms with Crippen LogP contribution in [0.1, 0.15) is 11.1 Å². The quantitative estimate of drug-likeness (QED) is 0.388. The molecular weight excluding hydrogens is 458 g/mol. The van der Waals surface area contributed by atoms with Crippen molar-refractivity contribution in [3.05, 3.63) is 95.4 Å². The average molecular weight is 477 g/mol. The van der Waals surface area contributed by atoms with Crippen molar-refractivity contribution in [3.63, 3.8) is 0 Å². The van der Waals surface area contributed by atoms with Gasteiger partial charge in [-0.05, 0) is 48.4 Å². The maximum atomic E-state index is 14.1. The topological polar surface area (TPSA) is 56.4 Å². The summed E-state index contributed by atoms with van der Waals surface area (Å²) in [4.78, 5) is -0.151. The van der Waals surface area contributed by atoms with Crippen molar-refractivity contribution in [2.45, 2.75) is 31.1 Å². The Morgan fingerprint density at radius 1 is 0.879 bits per heavy atom. The Hall–Kier alpha value is -3.40. The summed E-state index contributed by atoms with van der Waals surface area (Å²) in [5.74, 6) is -0.470. The van der Waals surface area contributed by atoms with Crippen molar-refractivity contribution in [1.29, 1.82) is 0 Å². The minimum absolute atomic E-state index is 0.0777. The number of sulfonamides is 1. The number of rotatable bonds is 5. The maximum Gasteiger partial charge on any atom is 0.406 e. The van der Waals surface area contributed by atoms with E-state index in [1.165, 1.54) is 41.0 Å². The maximum absolute atomic E-state index is 14.1. The summed E-state index contributed by atoms with van der Waals surface area (Å²) in [6, 6.07) is 17.9. The van der Waals surface area contributed by atoms with E-state index in [1.807, 2.05) is 0 Å². The summed E-state index contributed by atoms with van der Waals surface area (Å²) in [5, 5.41) is 0. The zero-order valence-electron chi connectivity index (χ0n) is 17.4. The van der Waals surface area contributed by atoms with Gasteiger partial charge in [0.2, 0.25) is 5.62 Å². The van der Waals surface area contributed by atoms with E-state index in [-0.39, 0.29) is 17.0 Å². The Bertz CT molecular complexity index is 1490. The predicted octanol–water partition coefficient (Wildman–Crippen LogP) is 4.79. The van der Waals surface area contributed by atoms with Crippen molar-refractivity contribution >= 4 is 21.1 Å². The monoisotopic (exact) mass is 477 g/mol. The average Bonchev–Trinajstić information content (AvgIpc) is 3.02. The van der Waals surface area contributed by atoms with Crippen molar-refractivity contribution in [2.24, 2.45) is 4.40 Å². The first kappa shape index (κ1) is 22.8. The second-order valence-electron chi connectivity index (χ2n) is 7.54. The normalized spacial score (nSPS) is 13.1. The summed E-state index contributed by atoms with van der Waals surface area (Å²) in [7, 11) is -4.33. The molecule has 0 N–H and O–H groups in total. The molecule has 0 unspecified atom stereocenters. The highest BCUT2D eigenvalue weighted by Gasteiger charge is 2.31. The molecule has 1 heterocycles. The van der Waals surface area contributed by atoms with Crippen molar-refractivity contribution in [2.75, 3.05) is 0 Å². The summed E-state index contributed by atoms with van der Waals surface area (Å²) < 4.78 is 86.5. The Morgan fingerprint density at radius 3 is 2.09 bits per heavy atom. The number of para-hydroxylation sites is 2. The molecule has 4 aromatic rings. The second kappa shape index (κ2) is 8.51. The molecule has 0 atom stereocenters. The smallest absolute Gasteiger partial charge is 0.305 e. The third-order valence-electron chi connectivity index (χ3n) is 5.10. The molecule has 0 amide bonds. The first-order valence-corrected chi connectivity index (χ1v) is 11.3. The van der Waals surface area contributed by atoms with Gasteiger partial charge in [0.1, 0.15) is 12.4 Å². The number of imidazole rings is 1. The fourth-order valence-electron chi connectivity index (χ4n) is 3.54. The lowest BCUT2D eigenvalue weighted by atomic mass is 10.1. The Balaban J connectivity index is 2.02. The lowest BCUT2D eigenvalue weighted by Crippen LogP contribution is -2.32. The van der Waals surface area contributed by atoms with E-state index in [9.17, 15) is 26.0 Å². The van der Waals surface area contributed by atoms with Gasteiger partial charge in [-0.25, -0.2) is 4.39 Å². The highest BCUT2D eigenvalue weighted by atomic mass is 32.2. The van der Waals surface area contributed by atoms with E-state index in [0.29, 0.717) is 16.6 Å². The van der Waals surface area contributed by atoms with E-state index in [0.717, 1.165) is 4.57 Å². The second-order valence-corrected chi connectivity index (χ2v) is 9.14. The van der Waals surface area contributed by atoms with Crippen LogP contribution < -0.4 is 5.62 Å². The van der Waals surface area contributed by atoms with Crippen LogP contribution in [0.4, 0.5) is 17.6 Å². The standard InChI is InChI=1S/C23H19F4N3O2S/c1-16-11-12-17(13-19(16)24)14-29-20-9-5-6-10-21(20)30(15-23(25,26)27)22(29)28-33(31,32)18-7-3-2-4-8-18/h2-13H,14-15H2,1H3/b28-22+. The Labute approximate surface area is 187 Å². The fourth-order valence-corrected chi connectivity index (χ4v) is 4.56. The van der Waals surface area contributed by atoms with Gasteiger partial charge >= 0.3 is 6.18 Å². The van der Waals surface area contributed by atoms with Gasteiger partial charge < -0.3 is 9.13 Å². The molecule has 0 radical (unpaired) electrons. The molecule has 0 aliphatic rings. The fraction of sp³-hybridized carbons (Fsp3) is 0.174. The van der Waals surface area contributed by atoms with Crippen LogP contribution in [-0.2, 0) is 23.1 Å². The number of aromatic nitrogens is 2. The van der Waals surface area contributed by atoms with Crippen LogP contribution in [0.3, 0.4) is 0 Å². The minimum Gasteiger partial charge on any atom is -0.305 e. The number of fused-ring (bicyclic) bond motifs is 1. The summed E-state index contributed by atoms with van der Waals surface area (Å²) in [6.45, 7) is 0.0757. The number of nitrogens with zero attached hydrogens (tertiary/aromatic N) is 3. The van der Waals surface area contributed by atoms with Gasteiger partial charge in [-0.2, -0.15) is 21.6 Å². The van der Waals surface area contributed by atoms with Gasteiger partial charge in [-0.3, -0.25) is 0 Å². The van der Waals surface area contributed by atoms with E-state index < -0.39 is 34.2 Å². The Kier molecular flexibility index (Phi) is 5.87. The molecule has 1 aromatic heterocycles. The minimum atomic E-state index is -4.63. The van der Waals surface area contributed by atoms with Gasteiger partial charge in [0.25, 0.3) is 10.0 Å². The first-order chi connectivity index (χ1) is 15.5. The third kappa shape index (κ3) is 4.85. The molecule has 0 saturated carbocycles. The van der Waals surface area contributed by atoms with E-state index in [2.05, 4.69) is 4.40 Å². The van der Waals surface area contributed by atoms with Gasteiger partial charge in [-0.15, -0.1) is 4.40 Å². The molecule has 0 aliphatic carbocycles. The van der Waals surface area contributed by atoms with Crippen LogP contribution in [0.25, 0.3) is 11.0 Å². The summed E-state index contributed by atoms with van der Waals surface area (Å²) >= 11 is 0. The number of alkyl halides is 3. The zero-order valence-corrected chi connectivity index (χ0v) is 18.2. The van der Waals surface area contributed by atoms with Crippen LogP contribution in [0.15, 0.2) is 82.1 Å². The van der Waals surface area contributed by atoms with Crippen LogP contribution in [0.5, 0.6) is 0 Å². The molecule has 10 heteroatoms. The number of hydrogen-bond acceptors (Lipinski definition) is 2. The van der Waals surface area contributed by atoms with E-state index in [4.69, 9.17) is 0 Å². The molecule has 0 fully saturated rings. The predicted molar refractivity (Wildman–Crippen MR) is 115 cm³/mol. The van der Waals surface area contributed by atoms with Crippen LogP contribution in [0, 0.1) is 12.7 Å². The largest absolute Gasteiger partial charge is 0.406 e. The molecule has 3 aromatic carbocycles. The molecular formula is C23H19F4N3O2S. The van der Waals surface area contributed by atoms with Crippen LogP contribution in [-0.4, -0.2) is 23.7 Å². The van der Waals surface area contributed by atoms with Crippen LogP contribution in [0.2, 0.25) is 0 Å². The number of aryl methyl sites for hydroxylation is 1. The molecule has 0 bridgehead atoms. The molecule has 0 spiro atoms. The Morgan fingerprint density at radius 2 is 1.48 bits per heavy atom.